The predicted molar refractivity (Wildman–Crippen MR) is 132 cm³/mol. The van der Waals surface area contributed by atoms with Crippen molar-refractivity contribution in [1.29, 1.82) is 10.8 Å². The number of carbonyl (C=O) groups is 1. The molecule has 0 aromatic heterocycles. The van der Waals surface area contributed by atoms with Gasteiger partial charge in [-0.25, -0.2) is 0 Å². The standard InChI is InChI=1S/C26H29N5O2/c1-17(27)30-12-11-25(16-30)33-24-9-7-23(8-10-24)31(18(2)32)15-19-3-4-20-5-6-21(26(28)29)14-22(20)13-19/h3-10,13-14,25,27H,11-12,15-16H2,1-2H3,(H3,28,29). The zero-order valence-corrected chi connectivity index (χ0v) is 19.0. The average molecular weight is 444 g/mol. The Morgan fingerprint density at radius 2 is 1.79 bits per heavy atom. The Hall–Kier alpha value is -3.87. The fourth-order valence-corrected chi connectivity index (χ4v) is 4.16. The van der Waals surface area contributed by atoms with Crippen LogP contribution in [0.2, 0.25) is 0 Å². The molecule has 3 aromatic rings. The van der Waals surface area contributed by atoms with Crippen LogP contribution in [0, 0.1) is 10.8 Å². The first-order valence-electron chi connectivity index (χ1n) is 11.0. The minimum Gasteiger partial charge on any atom is -0.489 e. The van der Waals surface area contributed by atoms with Crippen LogP contribution in [0.1, 0.15) is 31.4 Å². The summed E-state index contributed by atoms with van der Waals surface area (Å²) in [6.07, 6.45) is 0.961. The molecule has 1 atom stereocenters. The van der Waals surface area contributed by atoms with Crippen molar-refractivity contribution in [2.75, 3.05) is 18.0 Å². The van der Waals surface area contributed by atoms with E-state index in [9.17, 15) is 4.79 Å². The van der Waals surface area contributed by atoms with Gasteiger partial charge in [0.1, 0.15) is 17.7 Å². The summed E-state index contributed by atoms with van der Waals surface area (Å²) in [7, 11) is 0. The van der Waals surface area contributed by atoms with Gasteiger partial charge >= 0.3 is 0 Å². The molecule has 1 unspecified atom stereocenters. The van der Waals surface area contributed by atoms with Crippen LogP contribution in [0.25, 0.3) is 10.8 Å². The maximum absolute atomic E-state index is 12.4. The monoisotopic (exact) mass is 443 g/mol. The average Bonchev–Trinajstić information content (AvgIpc) is 3.26. The largest absolute Gasteiger partial charge is 0.489 e. The van der Waals surface area contributed by atoms with Gasteiger partial charge in [-0.15, -0.1) is 0 Å². The number of rotatable bonds is 6. The fraction of sp³-hybridized carbons (Fsp3) is 0.269. The molecule has 170 valence electrons. The van der Waals surface area contributed by atoms with Gasteiger partial charge in [-0.2, -0.15) is 0 Å². The predicted octanol–water partition coefficient (Wildman–Crippen LogP) is 4.13. The molecule has 1 aliphatic rings. The van der Waals surface area contributed by atoms with E-state index in [1.165, 1.54) is 0 Å². The van der Waals surface area contributed by atoms with Crippen LogP contribution < -0.4 is 15.4 Å². The highest BCUT2D eigenvalue weighted by molar-refractivity contribution is 5.99. The molecule has 0 aliphatic carbocycles. The van der Waals surface area contributed by atoms with E-state index in [2.05, 4.69) is 0 Å². The van der Waals surface area contributed by atoms with Crippen LogP contribution in [0.4, 0.5) is 5.69 Å². The number of benzene rings is 3. The highest BCUT2D eigenvalue weighted by Crippen LogP contribution is 2.25. The summed E-state index contributed by atoms with van der Waals surface area (Å²) < 4.78 is 6.08. The summed E-state index contributed by atoms with van der Waals surface area (Å²) >= 11 is 0. The lowest BCUT2D eigenvalue weighted by atomic mass is 10.0. The third kappa shape index (κ3) is 5.14. The molecule has 1 saturated heterocycles. The number of carbonyl (C=O) groups excluding carboxylic acids is 1. The van der Waals surface area contributed by atoms with Crippen molar-refractivity contribution in [3.63, 3.8) is 0 Å². The van der Waals surface area contributed by atoms with Gasteiger partial charge in [0.15, 0.2) is 0 Å². The zero-order valence-electron chi connectivity index (χ0n) is 19.0. The number of anilines is 1. The van der Waals surface area contributed by atoms with Gasteiger partial charge in [0.25, 0.3) is 0 Å². The number of nitrogen functional groups attached to an aromatic ring is 1. The molecule has 1 fully saturated rings. The van der Waals surface area contributed by atoms with E-state index < -0.39 is 0 Å². The molecule has 7 heteroatoms. The van der Waals surface area contributed by atoms with E-state index in [1.807, 2.05) is 65.6 Å². The minimum absolute atomic E-state index is 0.0354. The molecular weight excluding hydrogens is 414 g/mol. The van der Waals surface area contributed by atoms with Crippen LogP contribution in [0.15, 0.2) is 60.7 Å². The third-order valence-corrected chi connectivity index (χ3v) is 6.01. The van der Waals surface area contributed by atoms with E-state index in [0.29, 0.717) is 17.9 Å². The maximum Gasteiger partial charge on any atom is 0.224 e. The van der Waals surface area contributed by atoms with E-state index in [0.717, 1.165) is 47.3 Å². The quantitative estimate of drug-likeness (QED) is 0.393. The zero-order chi connectivity index (χ0) is 23.5. The molecule has 0 spiro atoms. The number of amides is 1. The van der Waals surface area contributed by atoms with Gasteiger partial charge < -0.3 is 20.3 Å². The third-order valence-electron chi connectivity index (χ3n) is 6.01. The number of ether oxygens (including phenoxy) is 1. The Kier molecular flexibility index (Phi) is 6.31. The second-order valence-electron chi connectivity index (χ2n) is 8.47. The first-order chi connectivity index (χ1) is 15.8. The number of hydrogen-bond acceptors (Lipinski definition) is 4. The number of nitrogens with one attached hydrogen (secondary N) is 2. The van der Waals surface area contributed by atoms with E-state index in [-0.39, 0.29) is 17.8 Å². The molecule has 0 saturated carbocycles. The number of hydrogen-bond donors (Lipinski definition) is 3. The van der Waals surface area contributed by atoms with Gasteiger partial charge in [-0.1, -0.05) is 24.3 Å². The van der Waals surface area contributed by atoms with Gasteiger partial charge in [0, 0.05) is 31.1 Å². The van der Waals surface area contributed by atoms with Gasteiger partial charge in [0.2, 0.25) is 5.91 Å². The summed E-state index contributed by atoms with van der Waals surface area (Å²) in [5, 5.41) is 17.5. The normalized spacial score (nSPS) is 15.5. The van der Waals surface area contributed by atoms with Crippen LogP contribution >= 0.6 is 0 Å². The van der Waals surface area contributed by atoms with Gasteiger partial charge in [0.05, 0.1) is 18.9 Å². The van der Waals surface area contributed by atoms with Crippen LogP contribution in [-0.2, 0) is 11.3 Å². The Morgan fingerprint density at radius 1 is 1.06 bits per heavy atom. The smallest absolute Gasteiger partial charge is 0.224 e. The summed E-state index contributed by atoms with van der Waals surface area (Å²) in [4.78, 5) is 16.2. The lowest BCUT2D eigenvalue weighted by molar-refractivity contribution is -0.116. The molecular formula is C26H29N5O2. The lowest BCUT2D eigenvalue weighted by Gasteiger charge is -2.22. The van der Waals surface area contributed by atoms with Crippen LogP contribution in [0.3, 0.4) is 0 Å². The van der Waals surface area contributed by atoms with E-state index >= 15 is 0 Å². The van der Waals surface area contributed by atoms with Crippen LogP contribution in [0.5, 0.6) is 5.75 Å². The molecule has 1 amide bonds. The molecule has 0 radical (unpaired) electrons. The Morgan fingerprint density at radius 3 is 2.42 bits per heavy atom. The first kappa shape index (κ1) is 22.3. The molecule has 1 heterocycles. The van der Waals surface area contributed by atoms with E-state index in [1.54, 1.807) is 18.7 Å². The topological polar surface area (TPSA) is 106 Å². The number of nitrogens with two attached hydrogens (primary N) is 1. The first-order valence-corrected chi connectivity index (χ1v) is 11.0. The summed E-state index contributed by atoms with van der Waals surface area (Å²) in [6, 6.07) is 19.3. The molecule has 4 N–H and O–H groups in total. The Bertz CT molecular complexity index is 1210. The molecule has 1 aliphatic heterocycles. The minimum atomic E-state index is -0.0471. The molecule has 7 nitrogen and oxygen atoms in total. The number of nitrogens with zero attached hydrogens (tertiary/aromatic N) is 2. The second kappa shape index (κ2) is 9.32. The second-order valence-corrected chi connectivity index (χ2v) is 8.47. The molecule has 0 bridgehead atoms. The Balaban J connectivity index is 1.49. The number of fused-ring (bicyclic) bond motifs is 1. The lowest BCUT2D eigenvalue weighted by Crippen LogP contribution is -2.28. The summed E-state index contributed by atoms with van der Waals surface area (Å²) in [6.45, 7) is 5.36. The van der Waals surface area contributed by atoms with Gasteiger partial charge in [-0.3, -0.25) is 15.6 Å². The van der Waals surface area contributed by atoms with Gasteiger partial charge in [-0.05, 0) is 59.7 Å². The van der Waals surface area contributed by atoms with Crippen molar-refractivity contribution in [2.45, 2.75) is 32.9 Å². The highest BCUT2D eigenvalue weighted by atomic mass is 16.5. The van der Waals surface area contributed by atoms with Crippen LogP contribution in [-0.4, -0.2) is 41.7 Å². The fourth-order valence-electron chi connectivity index (χ4n) is 4.16. The molecule has 4 rings (SSSR count). The molecule has 3 aromatic carbocycles. The van der Waals surface area contributed by atoms with Crippen molar-refractivity contribution < 1.29 is 9.53 Å². The van der Waals surface area contributed by atoms with Crippen molar-refractivity contribution in [2.24, 2.45) is 5.73 Å². The summed E-state index contributed by atoms with van der Waals surface area (Å²) in [5.74, 6) is 1.32. The maximum atomic E-state index is 12.4. The SMILES string of the molecule is CC(=N)N1CCC(Oc2ccc(N(Cc3ccc4ccc(C(=N)N)cc4c3)C(C)=O)cc2)C1. The van der Waals surface area contributed by atoms with E-state index in [4.69, 9.17) is 21.3 Å². The summed E-state index contributed by atoms with van der Waals surface area (Å²) in [5.41, 5.74) is 8.11. The number of amidine groups is 2. The van der Waals surface area contributed by atoms with Crippen molar-refractivity contribution in [3.8, 4) is 5.75 Å². The highest BCUT2D eigenvalue weighted by Gasteiger charge is 2.24. The Labute approximate surface area is 193 Å². The van der Waals surface area contributed by atoms with Crippen molar-refractivity contribution in [1.82, 2.24) is 4.90 Å². The van der Waals surface area contributed by atoms with Crippen molar-refractivity contribution in [3.05, 3.63) is 71.8 Å². The number of likely N-dealkylation sites (tertiary alicyclic amines) is 1. The van der Waals surface area contributed by atoms with Crippen molar-refractivity contribution >= 4 is 34.0 Å². The molecule has 33 heavy (non-hydrogen) atoms.